The van der Waals surface area contributed by atoms with Gasteiger partial charge < -0.3 is 9.11 Å². The van der Waals surface area contributed by atoms with Crippen molar-refractivity contribution in [2.45, 2.75) is 423 Å². The van der Waals surface area contributed by atoms with E-state index in [2.05, 4.69) is 39.8 Å². The van der Waals surface area contributed by atoms with Gasteiger partial charge in [0.2, 0.25) is 0 Å². The van der Waals surface area contributed by atoms with Gasteiger partial charge in [-0.2, -0.15) is 0 Å². The second-order valence-electron chi connectivity index (χ2n) is 28.4. The van der Waals surface area contributed by atoms with Gasteiger partial charge in [0, 0.05) is 0 Å². The average Bonchev–Trinajstić information content (AvgIpc) is 0.795. The SMILES string of the molecule is CCCCCCCCCCCCCCCCc1cc2ccccc2c(S(=O)(=O)[O-])c1CCCCCCCCCCCCCCCC.CCCCCCCCCCCCCCCCc1cc2ccccc2c(S(=O)(=O)[O-])c1CCCCCCCCCCCCCCCC.[Ba+2]. The fraction of sp³-hybridized carbons (Fsp3) is 0.762. The molecule has 0 radical (unpaired) electrons. The van der Waals surface area contributed by atoms with Crippen LogP contribution < -0.4 is 0 Å². The largest absolute Gasteiger partial charge is 2.00 e. The molecular formula is C84H142BaO6S2. The van der Waals surface area contributed by atoms with Crippen LogP contribution in [-0.4, -0.2) is 74.8 Å². The number of hydrogen-bond acceptors (Lipinski definition) is 6. The van der Waals surface area contributed by atoms with Crippen molar-refractivity contribution in [2.24, 2.45) is 0 Å². The van der Waals surface area contributed by atoms with Crippen molar-refractivity contribution in [3.8, 4) is 0 Å². The third-order valence-electron chi connectivity index (χ3n) is 20.1. The molecule has 93 heavy (non-hydrogen) atoms. The van der Waals surface area contributed by atoms with Crippen molar-refractivity contribution in [3.05, 3.63) is 82.9 Å². The minimum atomic E-state index is -4.56. The van der Waals surface area contributed by atoms with Gasteiger partial charge in [-0.25, -0.2) is 16.8 Å². The Balaban J connectivity index is 0.000000627. The zero-order valence-corrected chi connectivity index (χ0v) is 67.2. The zero-order chi connectivity index (χ0) is 66.3. The Morgan fingerprint density at radius 1 is 0.247 bits per heavy atom. The summed E-state index contributed by atoms with van der Waals surface area (Å²) in [6.07, 6.45) is 76.5. The third-order valence-corrected chi connectivity index (χ3v) is 22.0. The van der Waals surface area contributed by atoms with E-state index in [1.807, 2.05) is 48.5 Å². The molecule has 0 heterocycles. The van der Waals surface area contributed by atoms with Gasteiger partial charge in [-0.1, -0.05) is 422 Å². The molecule has 0 saturated heterocycles. The van der Waals surface area contributed by atoms with Crippen LogP contribution in [0.2, 0.25) is 0 Å². The quantitative estimate of drug-likeness (QED) is 0.0247. The number of fused-ring (bicyclic) bond motifs is 2. The minimum Gasteiger partial charge on any atom is -0.744 e. The van der Waals surface area contributed by atoms with Crippen molar-refractivity contribution in [1.29, 1.82) is 0 Å². The molecule has 4 aromatic rings. The molecule has 6 nitrogen and oxygen atoms in total. The first-order valence-electron chi connectivity index (χ1n) is 40.0. The van der Waals surface area contributed by atoms with Crippen molar-refractivity contribution >= 4 is 90.7 Å². The summed E-state index contributed by atoms with van der Waals surface area (Å²) >= 11 is 0. The molecular weight excluding hydrogens is 1310 g/mol. The molecule has 0 spiro atoms. The molecule has 0 unspecified atom stereocenters. The van der Waals surface area contributed by atoms with E-state index >= 15 is 0 Å². The number of benzene rings is 4. The number of unbranched alkanes of at least 4 members (excludes halogenated alkanes) is 52. The predicted molar refractivity (Wildman–Crippen MR) is 406 cm³/mol. The van der Waals surface area contributed by atoms with Crippen LogP contribution in [-0.2, 0) is 45.9 Å². The maximum atomic E-state index is 12.6. The zero-order valence-electron chi connectivity index (χ0n) is 61.2. The summed E-state index contributed by atoms with van der Waals surface area (Å²) in [5.74, 6) is 0. The topological polar surface area (TPSA) is 114 Å². The summed E-state index contributed by atoms with van der Waals surface area (Å²) in [7, 11) is -9.12. The second-order valence-corrected chi connectivity index (χ2v) is 31.1. The van der Waals surface area contributed by atoms with E-state index in [1.54, 1.807) is 0 Å². The van der Waals surface area contributed by atoms with Gasteiger partial charge in [0.1, 0.15) is 20.2 Å². The molecule has 4 aromatic carbocycles. The standard InChI is InChI=1S/2C42H72O3S.Ba/c2*1-3-5-7-9-11-13-15-17-19-21-23-25-27-29-33-38-37-39-34-31-32-36-41(39)42(46(43,44)45)40(38)35-30-28-26-24-22-20-18-16-14-12-10-8-6-4-2;/h2*31-32,34,36-37H,3-30,33,35H2,1-2H3,(H,43,44,45);/q;;+2/p-2. The van der Waals surface area contributed by atoms with Gasteiger partial charge in [-0.15, -0.1) is 0 Å². The van der Waals surface area contributed by atoms with E-state index in [4.69, 9.17) is 0 Å². The first kappa shape index (κ1) is 87.9. The van der Waals surface area contributed by atoms with Gasteiger partial charge in [0.05, 0.1) is 9.79 Å². The summed E-state index contributed by atoms with van der Waals surface area (Å²) in [6, 6.07) is 19.4. The van der Waals surface area contributed by atoms with Gasteiger partial charge in [-0.05, 0) is 95.2 Å². The average molecular weight is 1450 g/mol. The third kappa shape index (κ3) is 43.2. The molecule has 0 aromatic heterocycles. The molecule has 0 aliphatic carbocycles. The van der Waals surface area contributed by atoms with E-state index in [0.717, 1.165) is 84.4 Å². The molecule has 4 rings (SSSR count). The van der Waals surface area contributed by atoms with Crippen LogP contribution in [0.1, 0.15) is 410 Å². The van der Waals surface area contributed by atoms with Gasteiger partial charge in [-0.3, -0.25) is 0 Å². The molecule has 0 N–H and O–H groups in total. The smallest absolute Gasteiger partial charge is 0.744 e. The predicted octanol–water partition coefficient (Wildman–Crippen LogP) is 27.2. The van der Waals surface area contributed by atoms with Gasteiger partial charge in [0.25, 0.3) is 0 Å². The number of aryl methyl sites for hydroxylation is 2. The van der Waals surface area contributed by atoms with Gasteiger partial charge in [0.15, 0.2) is 0 Å². The van der Waals surface area contributed by atoms with Crippen LogP contribution in [0.5, 0.6) is 0 Å². The fourth-order valence-electron chi connectivity index (χ4n) is 14.4. The Hall–Kier alpha value is -1.21. The van der Waals surface area contributed by atoms with Crippen LogP contribution in [0, 0.1) is 0 Å². The maximum Gasteiger partial charge on any atom is 2.00 e. The first-order valence-corrected chi connectivity index (χ1v) is 42.8. The fourth-order valence-corrected chi connectivity index (χ4v) is 16.4. The summed E-state index contributed by atoms with van der Waals surface area (Å²) in [5.41, 5.74) is 3.79. The Kier molecular flexibility index (Phi) is 56.4. The van der Waals surface area contributed by atoms with Crippen molar-refractivity contribution in [3.63, 3.8) is 0 Å². The van der Waals surface area contributed by atoms with E-state index in [0.29, 0.717) is 23.6 Å². The maximum absolute atomic E-state index is 12.6. The number of rotatable bonds is 62. The molecule has 9 heteroatoms. The van der Waals surface area contributed by atoms with Crippen LogP contribution in [0.15, 0.2) is 70.5 Å². The van der Waals surface area contributed by atoms with Crippen LogP contribution in [0.25, 0.3) is 21.5 Å². The van der Waals surface area contributed by atoms with E-state index in [9.17, 15) is 25.9 Å². The van der Waals surface area contributed by atoms with Crippen molar-refractivity contribution in [1.82, 2.24) is 0 Å². The van der Waals surface area contributed by atoms with Crippen LogP contribution in [0.3, 0.4) is 0 Å². The molecule has 0 aliphatic heterocycles. The van der Waals surface area contributed by atoms with Crippen molar-refractivity contribution in [2.75, 3.05) is 0 Å². The molecule has 0 aliphatic rings. The minimum absolute atomic E-state index is 0. The van der Waals surface area contributed by atoms with Crippen LogP contribution >= 0.6 is 0 Å². The Morgan fingerprint density at radius 3 is 0.613 bits per heavy atom. The normalized spacial score (nSPS) is 11.8. The molecule has 0 saturated carbocycles. The van der Waals surface area contributed by atoms with Gasteiger partial charge >= 0.3 is 48.9 Å². The molecule has 528 valence electrons. The molecule has 0 bridgehead atoms. The van der Waals surface area contributed by atoms with E-state index in [1.165, 1.54) is 321 Å². The van der Waals surface area contributed by atoms with Crippen LogP contribution in [0.4, 0.5) is 0 Å². The molecule has 0 atom stereocenters. The summed E-state index contributed by atoms with van der Waals surface area (Å²) in [6.45, 7) is 9.11. The van der Waals surface area contributed by atoms with E-state index < -0.39 is 20.2 Å². The Labute approximate surface area is 616 Å². The Bertz CT molecular complexity index is 2430. The summed E-state index contributed by atoms with van der Waals surface area (Å²) in [5, 5.41) is 2.95. The second kappa shape index (κ2) is 59.6. The summed E-state index contributed by atoms with van der Waals surface area (Å²) < 4.78 is 75.7. The summed E-state index contributed by atoms with van der Waals surface area (Å²) in [4.78, 5) is 0.112. The first-order chi connectivity index (χ1) is 45.0. The Morgan fingerprint density at radius 2 is 0.419 bits per heavy atom. The van der Waals surface area contributed by atoms with E-state index in [-0.39, 0.29) is 58.7 Å². The van der Waals surface area contributed by atoms with Crippen molar-refractivity contribution < 1.29 is 25.9 Å². The monoisotopic (exact) mass is 1450 g/mol. The number of hydrogen-bond donors (Lipinski definition) is 0. The molecule has 0 fully saturated rings. The molecule has 0 amide bonds.